The fourth-order valence-corrected chi connectivity index (χ4v) is 1.10. The summed E-state index contributed by atoms with van der Waals surface area (Å²) in [5, 5.41) is 0. The van der Waals surface area contributed by atoms with E-state index in [9.17, 15) is 4.79 Å². The van der Waals surface area contributed by atoms with Crippen molar-refractivity contribution in [2.45, 2.75) is 6.42 Å². The second-order valence-electron chi connectivity index (χ2n) is 2.98. The Morgan fingerprint density at radius 3 is 1.95 bits per heavy atom. The van der Waals surface area contributed by atoms with Crippen LogP contribution in [0.3, 0.4) is 0 Å². The van der Waals surface area contributed by atoms with Gasteiger partial charge in [0.05, 0.1) is 38.6 Å². The van der Waals surface area contributed by atoms with Crippen LogP contribution in [0.1, 0.15) is 6.42 Å². The van der Waals surface area contributed by atoms with Gasteiger partial charge in [0.25, 0.3) is 0 Å². The fourth-order valence-electron chi connectivity index (χ4n) is 1.10. The number of ether oxygens (including phenoxy) is 3. The Morgan fingerprint density at radius 1 is 1.16 bits per heavy atom. The predicted octanol–water partition coefficient (Wildman–Crippen LogP) is 2.48. The number of rotatable bonds is 5. The van der Waals surface area contributed by atoms with E-state index in [4.69, 9.17) is 14.2 Å². The van der Waals surface area contributed by atoms with Crippen molar-refractivity contribution in [1.29, 1.82) is 0 Å². The zero-order chi connectivity index (χ0) is 13.8. The summed E-state index contributed by atoms with van der Waals surface area (Å²) in [5.74, 6) is 1.84. The van der Waals surface area contributed by atoms with E-state index in [0.717, 1.165) is 6.29 Å². The van der Waals surface area contributed by atoms with Crippen molar-refractivity contribution < 1.29 is 38.5 Å². The van der Waals surface area contributed by atoms with Gasteiger partial charge in [0.15, 0.2) is 0 Å². The molecule has 0 atom stereocenters. The van der Waals surface area contributed by atoms with Gasteiger partial charge in [0.2, 0.25) is 0 Å². The summed E-state index contributed by atoms with van der Waals surface area (Å²) < 4.78 is 15.2. The fraction of sp³-hybridized carbons (Fsp3) is 0.286. The number of carbonyl (C=O) groups is 1. The molecule has 19 heavy (non-hydrogen) atoms. The average molecular weight is 316 g/mol. The normalized spacial score (nSPS) is 8.84. The number of aldehydes is 1. The SMILES string of the molecule is COc1c[c-]cc(OC)c1OC.[CH2-]C/C=C/C=O.[Zn+2]. The Morgan fingerprint density at radius 2 is 1.68 bits per heavy atom. The first-order valence-corrected chi connectivity index (χ1v) is 5.30. The van der Waals surface area contributed by atoms with Gasteiger partial charge in [-0.3, -0.25) is 4.79 Å². The van der Waals surface area contributed by atoms with Crippen molar-refractivity contribution in [1.82, 2.24) is 0 Å². The number of benzene rings is 1. The van der Waals surface area contributed by atoms with E-state index in [1.165, 1.54) is 6.08 Å². The van der Waals surface area contributed by atoms with Crippen LogP contribution in [0.2, 0.25) is 0 Å². The molecule has 0 saturated heterocycles. The second kappa shape index (κ2) is 13.1. The first kappa shape index (κ1) is 20.0. The second-order valence-corrected chi connectivity index (χ2v) is 2.98. The number of methoxy groups -OCH3 is 3. The van der Waals surface area contributed by atoms with Crippen LogP contribution in [0, 0.1) is 13.0 Å². The number of hydrogen-bond donors (Lipinski definition) is 0. The predicted molar refractivity (Wildman–Crippen MR) is 70.1 cm³/mol. The molecule has 0 spiro atoms. The minimum Gasteiger partial charge on any atom is -0.550 e. The van der Waals surface area contributed by atoms with Crippen molar-refractivity contribution in [2.24, 2.45) is 0 Å². The zero-order valence-corrected chi connectivity index (χ0v) is 14.6. The summed E-state index contributed by atoms with van der Waals surface area (Å²) >= 11 is 0. The summed E-state index contributed by atoms with van der Waals surface area (Å²) in [4.78, 5) is 9.45. The molecule has 0 aliphatic carbocycles. The Hall–Kier alpha value is -1.35. The minimum absolute atomic E-state index is 0. The summed E-state index contributed by atoms with van der Waals surface area (Å²) in [5.41, 5.74) is 0. The van der Waals surface area contributed by atoms with Crippen LogP contribution in [-0.4, -0.2) is 27.6 Å². The van der Waals surface area contributed by atoms with Crippen molar-refractivity contribution >= 4 is 6.29 Å². The van der Waals surface area contributed by atoms with Crippen LogP contribution in [-0.2, 0) is 24.3 Å². The third-order valence-electron chi connectivity index (χ3n) is 1.90. The molecule has 1 aromatic carbocycles. The van der Waals surface area contributed by atoms with E-state index >= 15 is 0 Å². The summed E-state index contributed by atoms with van der Waals surface area (Å²) in [6, 6.07) is 6.27. The van der Waals surface area contributed by atoms with Gasteiger partial charge in [-0.25, -0.2) is 0 Å². The van der Waals surface area contributed by atoms with Gasteiger partial charge in [-0.2, -0.15) is 12.5 Å². The molecule has 0 bridgehead atoms. The van der Waals surface area contributed by atoms with Crippen LogP contribution < -0.4 is 14.2 Å². The average Bonchev–Trinajstić information content (AvgIpc) is 2.44. The molecule has 0 fully saturated rings. The molecule has 0 amide bonds. The van der Waals surface area contributed by atoms with E-state index < -0.39 is 0 Å². The number of hydrogen-bond acceptors (Lipinski definition) is 4. The molecule has 0 saturated carbocycles. The van der Waals surface area contributed by atoms with Crippen LogP contribution in [0.15, 0.2) is 24.3 Å². The molecule has 0 aliphatic rings. The van der Waals surface area contributed by atoms with Crippen LogP contribution in [0.25, 0.3) is 0 Å². The van der Waals surface area contributed by atoms with Gasteiger partial charge in [-0.1, -0.05) is 0 Å². The molecule has 0 aromatic heterocycles. The van der Waals surface area contributed by atoms with Crippen LogP contribution in [0.4, 0.5) is 0 Å². The molecule has 4 nitrogen and oxygen atoms in total. The maximum Gasteiger partial charge on any atom is 2.00 e. The molecule has 0 radical (unpaired) electrons. The molecular formula is C14H18O4Zn. The first-order valence-electron chi connectivity index (χ1n) is 5.30. The van der Waals surface area contributed by atoms with Gasteiger partial charge in [0, 0.05) is 0 Å². The smallest absolute Gasteiger partial charge is 0.550 e. The van der Waals surface area contributed by atoms with Crippen LogP contribution >= 0.6 is 0 Å². The quantitative estimate of drug-likeness (QED) is 0.362. The third kappa shape index (κ3) is 7.63. The van der Waals surface area contributed by atoms with E-state index in [-0.39, 0.29) is 19.5 Å². The molecule has 0 heterocycles. The van der Waals surface area contributed by atoms with E-state index in [2.05, 4.69) is 13.0 Å². The van der Waals surface area contributed by atoms with Gasteiger partial charge in [-0.05, 0) is 6.08 Å². The van der Waals surface area contributed by atoms with Crippen molar-refractivity contribution in [2.75, 3.05) is 21.3 Å². The molecule has 1 rings (SSSR count). The van der Waals surface area contributed by atoms with Gasteiger partial charge in [0.1, 0.15) is 6.29 Å². The largest absolute Gasteiger partial charge is 2.00 e. The standard InChI is InChI=1S/C9H11O3.C5H7O.Zn/c1-10-7-5-4-6-8(11-2)9(7)12-3;1-2-3-4-5-6;/h5-6H,1-3H3;3-5H,1-2H2;/q2*-1;+2/b;4-3+;. The molecule has 1 aromatic rings. The van der Waals surface area contributed by atoms with Gasteiger partial charge >= 0.3 is 19.5 Å². The Kier molecular flexibility index (Phi) is 13.8. The number of allylic oxidation sites excluding steroid dienone is 2. The zero-order valence-electron chi connectivity index (χ0n) is 11.6. The molecule has 5 heteroatoms. The molecular weight excluding hydrogens is 298 g/mol. The Balaban J connectivity index is 0. The monoisotopic (exact) mass is 314 g/mol. The summed E-state index contributed by atoms with van der Waals surface area (Å²) in [6.07, 6.45) is 4.57. The third-order valence-corrected chi connectivity index (χ3v) is 1.90. The molecule has 0 unspecified atom stereocenters. The summed E-state index contributed by atoms with van der Waals surface area (Å²) in [6.45, 7) is 3.48. The van der Waals surface area contributed by atoms with Gasteiger partial charge in [-0.15, -0.1) is 18.2 Å². The van der Waals surface area contributed by atoms with E-state index in [1.807, 2.05) is 0 Å². The maximum atomic E-state index is 9.45. The van der Waals surface area contributed by atoms with Crippen molar-refractivity contribution in [3.8, 4) is 17.2 Å². The molecule has 0 N–H and O–H groups in total. The molecule has 100 valence electrons. The van der Waals surface area contributed by atoms with E-state index in [0.29, 0.717) is 23.7 Å². The molecule has 0 aliphatic heterocycles. The Labute approximate surface area is 127 Å². The van der Waals surface area contributed by atoms with Crippen LogP contribution in [0.5, 0.6) is 17.2 Å². The number of carbonyl (C=O) groups excluding carboxylic acids is 1. The topological polar surface area (TPSA) is 44.8 Å². The maximum absolute atomic E-state index is 9.45. The van der Waals surface area contributed by atoms with Crippen molar-refractivity contribution in [3.63, 3.8) is 0 Å². The van der Waals surface area contributed by atoms with E-state index in [1.54, 1.807) is 39.5 Å². The first-order chi connectivity index (χ1) is 8.74. The Bertz CT molecular complexity index is 355. The van der Waals surface area contributed by atoms with Crippen molar-refractivity contribution in [3.05, 3.63) is 37.3 Å². The van der Waals surface area contributed by atoms with Gasteiger partial charge < -0.3 is 21.1 Å². The minimum atomic E-state index is 0. The summed E-state index contributed by atoms with van der Waals surface area (Å²) in [7, 11) is 4.72.